The number of carboxylic acid groups (broad SMARTS) is 1. The average Bonchev–Trinajstić information content (AvgIpc) is 3.63. The summed E-state index contributed by atoms with van der Waals surface area (Å²) in [5.74, 6) is -8.31. The highest BCUT2D eigenvalue weighted by Crippen LogP contribution is 2.83. The Kier molecular flexibility index (Phi) is 8.20. The SMILES string of the molecule is CC(C(=O)O)C(=O)C1(O)C2=CCC3=C2C2C(C(C)C1CN=C(N)N)C1(C)CC(=O)C4=C5C(O)(C=C(C3)C2(O)C51C)C(C=Cc1ccccc1)C1C(C)(C)C(=O)CCC41C. The molecule has 8 N–H and O–H groups in total. The average molecular weight is 804 g/mol. The van der Waals surface area contributed by atoms with Gasteiger partial charge in [0.15, 0.2) is 23.1 Å². The number of Topliss-reactive ketones (excluding diaryl/α,β-unsaturated/α-hetero) is 3. The summed E-state index contributed by atoms with van der Waals surface area (Å²) in [6, 6.07) is 9.80. The van der Waals surface area contributed by atoms with Crippen molar-refractivity contribution in [1.29, 1.82) is 0 Å². The third-order valence-electron chi connectivity index (χ3n) is 17.8. The zero-order valence-electron chi connectivity index (χ0n) is 35.0. The molecule has 11 nitrogen and oxygen atoms in total. The molecule has 0 aromatic heterocycles. The molecule has 13 unspecified atom stereocenters. The molecule has 3 saturated carbocycles. The molecule has 3 fully saturated rings. The van der Waals surface area contributed by atoms with Crippen LogP contribution >= 0.6 is 0 Å². The van der Waals surface area contributed by atoms with Crippen LogP contribution in [0.25, 0.3) is 6.08 Å². The topological polar surface area (TPSA) is 214 Å². The number of nitrogens with two attached hydrogens (primary N) is 2. The number of allylic oxidation sites excluding steroid dienone is 3. The number of rotatable bonds is 7. The van der Waals surface area contributed by atoms with Gasteiger partial charge in [0.25, 0.3) is 0 Å². The lowest BCUT2D eigenvalue weighted by Gasteiger charge is -2.69. The maximum absolute atomic E-state index is 15.5. The molecule has 0 amide bonds. The second kappa shape index (κ2) is 12.1. The Morgan fingerprint density at radius 1 is 1.03 bits per heavy atom. The minimum absolute atomic E-state index is 0.00922. The van der Waals surface area contributed by atoms with Crippen LogP contribution in [0.4, 0.5) is 0 Å². The molecule has 0 radical (unpaired) electrons. The van der Waals surface area contributed by atoms with Gasteiger partial charge in [-0.1, -0.05) is 95.7 Å². The van der Waals surface area contributed by atoms with Gasteiger partial charge in [-0.05, 0) is 83.3 Å². The molecule has 13 atom stereocenters. The molecular weight excluding hydrogens is 747 g/mol. The Labute approximate surface area is 345 Å². The number of hydrogen-bond donors (Lipinski definition) is 6. The molecule has 1 aromatic carbocycles. The molecule has 0 heterocycles. The van der Waals surface area contributed by atoms with E-state index >= 15 is 4.79 Å². The molecule has 59 heavy (non-hydrogen) atoms. The summed E-state index contributed by atoms with van der Waals surface area (Å²) in [6.07, 6.45) is 8.91. The number of aliphatic imine (C=N–C) groups is 1. The molecule has 1 aromatic rings. The van der Waals surface area contributed by atoms with Crippen molar-refractivity contribution < 1.29 is 39.6 Å². The van der Waals surface area contributed by atoms with Crippen molar-refractivity contribution in [3.63, 3.8) is 0 Å². The minimum atomic E-state index is -2.33. The van der Waals surface area contributed by atoms with Gasteiger partial charge in [0.05, 0.1) is 0 Å². The summed E-state index contributed by atoms with van der Waals surface area (Å²) in [5, 5.41) is 51.5. The number of fused-ring (bicyclic) bond motifs is 3. The highest BCUT2D eigenvalue weighted by atomic mass is 16.4. The van der Waals surface area contributed by atoms with Gasteiger partial charge in [-0.15, -0.1) is 0 Å². The van der Waals surface area contributed by atoms with E-state index in [2.05, 4.69) is 11.9 Å². The number of benzene rings is 1. The van der Waals surface area contributed by atoms with E-state index in [9.17, 15) is 34.8 Å². The van der Waals surface area contributed by atoms with E-state index in [1.165, 1.54) is 6.92 Å². The first-order valence-electron chi connectivity index (χ1n) is 21.2. The van der Waals surface area contributed by atoms with Gasteiger partial charge in [0.2, 0.25) is 0 Å². The van der Waals surface area contributed by atoms with Gasteiger partial charge in [0.1, 0.15) is 22.9 Å². The summed E-state index contributed by atoms with van der Waals surface area (Å²) in [7, 11) is 0. The summed E-state index contributed by atoms with van der Waals surface area (Å²) >= 11 is 0. The summed E-state index contributed by atoms with van der Waals surface area (Å²) < 4.78 is 0. The normalized spacial score (nSPS) is 44.0. The predicted octanol–water partition coefficient (Wildman–Crippen LogP) is 4.86. The van der Waals surface area contributed by atoms with Crippen LogP contribution in [0.3, 0.4) is 0 Å². The van der Waals surface area contributed by atoms with Crippen molar-refractivity contribution in [1.82, 2.24) is 0 Å². The van der Waals surface area contributed by atoms with Gasteiger partial charge in [-0.3, -0.25) is 24.2 Å². The van der Waals surface area contributed by atoms with E-state index in [-0.39, 0.29) is 48.9 Å². The molecule has 11 heteroatoms. The second-order valence-electron chi connectivity index (χ2n) is 20.4. The van der Waals surface area contributed by atoms with Gasteiger partial charge in [-0.2, -0.15) is 0 Å². The highest BCUT2D eigenvalue weighted by molar-refractivity contribution is 6.06. The maximum Gasteiger partial charge on any atom is 0.313 e. The van der Waals surface area contributed by atoms with Gasteiger partial charge in [-0.25, -0.2) is 0 Å². The molecule has 0 saturated heterocycles. The van der Waals surface area contributed by atoms with Gasteiger partial charge < -0.3 is 31.9 Å². The van der Waals surface area contributed by atoms with Crippen LogP contribution in [0.2, 0.25) is 0 Å². The third kappa shape index (κ3) is 4.46. The Balaban J connectivity index is 1.37. The Morgan fingerprint density at radius 3 is 2.36 bits per heavy atom. The van der Waals surface area contributed by atoms with Crippen LogP contribution in [-0.4, -0.2) is 73.1 Å². The first-order valence-corrected chi connectivity index (χ1v) is 21.2. The van der Waals surface area contributed by atoms with Crippen LogP contribution in [0.1, 0.15) is 86.1 Å². The zero-order valence-corrected chi connectivity index (χ0v) is 35.0. The number of carbonyl (C=O) groups is 4. The number of carbonyl (C=O) groups excluding carboxylic acids is 3. The van der Waals surface area contributed by atoms with Crippen LogP contribution in [-0.2, 0) is 19.2 Å². The Morgan fingerprint density at radius 2 is 1.71 bits per heavy atom. The molecule has 0 aliphatic heterocycles. The number of nitrogens with zero attached hydrogens (tertiary/aromatic N) is 1. The van der Waals surface area contributed by atoms with Crippen LogP contribution < -0.4 is 11.5 Å². The largest absolute Gasteiger partial charge is 0.481 e. The van der Waals surface area contributed by atoms with Crippen molar-refractivity contribution in [2.24, 2.45) is 79.5 Å². The molecule has 8 aliphatic carbocycles. The first-order chi connectivity index (χ1) is 27.5. The second-order valence-corrected chi connectivity index (χ2v) is 20.4. The monoisotopic (exact) mass is 803 g/mol. The predicted molar refractivity (Wildman–Crippen MR) is 221 cm³/mol. The smallest absolute Gasteiger partial charge is 0.313 e. The molecule has 9 rings (SSSR count). The van der Waals surface area contributed by atoms with E-state index in [1.807, 2.05) is 83.2 Å². The molecular formula is C48H57N3O8. The fourth-order valence-electron chi connectivity index (χ4n) is 15.3. The van der Waals surface area contributed by atoms with E-state index in [0.29, 0.717) is 35.1 Å². The molecule has 0 bridgehead atoms. The maximum atomic E-state index is 15.5. The first kappa shape index (κ1) is 40.0. The van der Waals surface area contributed by atoms with Crippen molar-refractivity contribution in [3.05, 3.63) is 87.6 Å². The Bertz CT molecular complexity index is 2350. The van der Waals surface area contributed by atoms with E-state index < -0.39 is 91.6 Å². The molecule has 312 valence electrons. The lowest BCUT2D eigenvalue weighted by molar-refractivity contribution is -0.165. The van der Waals surface area contributed by atoms with Crippen molar-refractivity contribution in [2.45, 2.75) is 97.4 Å². The fraction of sp³-hybridized carbons (Fsp3) is 0.562. The number of ketones is 3. The molecule has 8 aliphatic rings. The van der Waals surface area contributed by atoms with Crippen LogP contribution in [0, 0.1) is 63.1 Å². The number of aliphatic hydroxyl groups is 3. The van der Waals surface area contributed by atoms with Crippen molar-refractivity contribution in [3.8, 4) is 0 Å². The zero-order chi connectivity index (χ0) is 42.8. The summed E-state index contributed by atoms with van der Waals surface area (Å²) in [6.45, 7) is 13.0. The quantitative estimate of drug-likeness (QED) is 0.0953. The van der Waals surface area contributed by atoms with Gasteiger partial charge in [0, 0.05) is 59.0 Å². The van der Waals surface area contributed by atoms with Crippen molar-refractivity contribution >= 4 is 35.4 Å². The number of aliphatic carboxylic acids is 1. The molecule has 0 spiro atoms. The lowest BCUT2D eigenvalue weighted by Crippen LogP contribution is -2.71. The third-order valence-corrected chi connectivity index (χ3v) is 17.8. The van der Waals surface area contributed by atoms with E-state index in [4.69, 9.17) is 11.5 Å². The highest BCUT2D eigenvalue weighted by Gasteiger charge is 2.85. The number of hydrogen-bond acceptors (Lipinski definition) is 8. The fourth-order valence-corrected chi connectivity index (χ4v) is 15.3. The lowest BCUT2D eigenvalue weighted by atomic mass is 9.35. The minimum Gasteiger partial charge on any atom is -0.481 e. The Hall–Kier alpha value is -4.45. The van der Waals surface area contributed by atoms with Crippen LogP contribution in [0.15, 0.2) is 87.0 Å². The van der Waals surface area contributed by atoms with Crippen molar-refractivity contribution in [2.75, 3.05) is 6.54 Å². The van der Waals surface area contributed by atoms with E-state index in [1.54, 1.807) is 6.08 Å². The van der Waals surface area contributed by atoms with E-state index in [0.717, 1.165) is 11.1 Å². The standard InChI is InChI=1S/C48H57N3O8/c1-23-30(22-51-41(49)50)47(58,39(54)24(2)40(55)56)28-16-14-26-19-27-20-46(57)29(15-13-25-11-9-8-10-12-25)37-42(3,4)32(53)17-18-43(37,5)35-31(52)21-44(6)34(23)36(33(26)28)48(27,59)45(44,7)38(35)46/h8-13,15-16,20,23-24,29-30,34,36-37,57-59H,14,17-19,21-22H2,1-7H3,(H,55,56)(H4,49,50,51). The number of guanidine groups is 1. The number of carboxylic acids is 1. The van der Waals surface area contributed by atoms with Gasteiger partial charge >= 0.3 is 5.97 Å². The summed E-state index contributed by atoms with van der Waals surface area (Å²) in [4.78, 5) is 60.9. The summed E-state index contributed by atoms with van der Waals surface area (Å²) in [5.41, 5.74) is 6.28. The van der Waals surface area contributed by atoms with Crippen LogP contribution in [0.5, 0.6) is 0 Å².